The van der Waals surface area contributed by atoms with Crippen molar-refractivity contribution in [1.29, 1.82) is 0 Å². The summed E-state index contributed by atoms with van der Waals surface area (Å²) in [5.74, 6) is -1.22. The number of amides is 1. The number of allylic oxidation sites excluding steroid dienone is 3. The molecule has 0 saturated heterocycles. The van der Waals surface area contributed by atoms with Crippen LogP contribution in [0.15, 0.2) is 23.8 Å². The minimum atomic E-state index is -0.408. The lowest BCUT2D eigenvalue weighted by Crippen LogP contribution is -2.36. The second-order valence-corrected chi connectivity index (χ2v) is 4.68. The quantitative estimate of drug-likeness (QED) is 0.744. The van der Waals surface area contributed by atoms with E-state index in [2.05, 4.69) is 13.5 Å². The van der Waals surface area contributed by atoms with Crippen LogP contribution >= 0.6 is 0 Å². The van der Waals surface area contributed by atoms with Gasteiger partial charge in [-0.15, -0.1) is 0 Å². The summed E-state index contributed by atoms with van der Waals surface area (Å²) in [5, 5.41) is 0. The van der Waals surface area contributed by atoms with Gasteiger partial charge in [0.1, 0.15) is 0 Å². The van der Waals surface area contributed by atoms with Crippen LogP contribution in [0.4, 0.5) is 0 Å². The van der Waals surface area contributed by atoms with E-state index in [0.29, 0.717) is 6.42 Å². The van der Waals surface area contributed by atoms with E-state index >= 15 is 0 Å². The molecule has 3 heteroatoms. The van der Waals surface area contributed by atoms with Gasteiger partial charge in [-0.25, -0.2) is 0 Å². The van der Waals surface area contributed by atoms with Crippen molar-refractivity contribution in [3.63, 3.8) is 0 Å². The van der Waals surface area contributed by atoms with Crippen LogP contribution in [0.2, 0.25) is 0 Å². The fraction of sp³-hybridized carbons (Fsp3) is 0.571. The van der Waals surface area contributed by atoms with Gasteiger partial charge >= 0.3 is 0 Å². The van der Waals surface area contributed by atoms with E-state index in [1.807, 2.05) is 6.92 Å². The minimum Gasteiger partial charge on any atom is -0.369 e. The van der Waals surface area contributed by atoms with Gasteiger partial charge in [-0.1, -0.05) is 38.0 Å². The van der Waals surface area contributed by atoms with Crippen molar-refractivity contribution in [3.05, 3.63) is 23.8 Å². The smallest absolute Gasteiger partial charge is 0.221 e. The molecule has 94 valence electrons. The van der Waals surface area contributed by atoms with E-state index in [-0.39, 0.29) is 5.78 Å². The van der Waals surface area contributed by atoms with Crippen molar-refractivity contribution in [2.75, 3.05) is 0 Å². The molecule has 1 unspecified atom stereocenters. The Labute approximate surface area is 103 Å². The third-order valence-electron chi connectivity index (χ3n) is 3.33. The average molecular weight is 235 g/mol. The fourth-order valence-corrected chi connectivity index (χ4v) is 2.51. The Hall–Kier alpha value is -1.38. The first-order valence-corrected chi connectivity index (χ1v) is 6.21. The molecular formula is C14H21NO2. The third-order valence-corrected chi connectivity index (χ3v) is 3.33. The Balaban J connectivity index is 2.93. The van der Waals surface area contributed by atoms with Crippen LogP contribution in [-0.2, 0) is 9.59 Å². The zero-order valence-corrected chi connectivity index (χ0v) is 10.7. The molecule has 1 rings (SSSR count). The standard InChI is InChI=1S/C14H21NO2/c1-4-6-10-7-9(3)13(12(16)8-10)11(5-2)14(15)17/h8,11,13H,3-7H2,1-2H3,(H2,15,17)/t11-,13?/m1/s1. The summed E-state index contributed by atoms with van der Waals surface area (Å²) < 4.78 is 0. The van der Waals surface area contributed by atoms with E-state index in [9.17, 15) is 9.59 Å². The number of ketones is 1. The van der Waals surface area contributed by atoms with Gasteiger partial charge < -0.3 is 5.73 Å². The predicted molar refractivity (Wildman–Crippen MR) is 68.2 cm³/mol. The Bertz CT molecular complexity index is 368. The van der Waals surface area contributed by atoms with Crippen LogP contribution < -0.4 is 5.73 Å². The molecular weight excluding hydrogens is 214 g/mol. The van der Waals surface area contributed by atoms with Gasteiger partial charge in [0, 0.05) is 0 Å². The number of hydrogen-bond donors (Lipinski definition) is 1. The molecule has 1 aliphatic carbocycles. The Morgan fingerprint density at radius 1 is 1.59 bits per heavy atom. The zero-order valence-electron chi connectivity index (χ0n) is 10.7. The van der Waals surface area contributed by atoms with Crippen molar-refractivity contribution >= 4 is 11.7 Å². The molecule has 1 aliphatic rings. The number of rotatable bonds is 5. The van der Waals surface area contributed by atoms with Crippen LogP contribution in [0.1, 0.15) is 39.5 Å². The third kappa shape index (κ3) is 3.05. The molecule has 0 aromatic rings. The molecule has 0 saturated carbocycles. The second kappa shape index (κ2) is 5.80. The molecule has 0 spiro atoms. The van der Waals surface area contributed by atoms with E-state index in [1.165, 1.54) is 0 Å². The van der Waals surface area contributed by atoms with Crippen molar-refractivity contribution in [2.45, 2.75) is 39.5 Å². The number of carbonyl (C=O) groups is 2. The average Bonchev–Trinajstić information content (AvgIpc) is 2.23. The molecule has 0 aromatic carbocycles. The first-order chi connectivity index (χ1) is 8.01. The summed E-state index contributed by atoms with van der Waals surface area (Å²) >= 11 is 0. The van der Waals surface area contributed by atoms with Crippen LogP contribution in [0.5, 0.6) is 0 Å². The Morgan fingerprint density at radius 3 is 2.65 bits per heavy atom. The van der Waals surface area contributed by atoms with E-state index in [1.54, 1.807) is 6.08 Å². The molecule has 17 heavy (non-hydrogen) atoms. The number of primary amides is 1. The van der Waals surface area contributed by atoms with Gasteiger partial charge in [-0.3, -0.25) is 9.59 Å². The summed E-state index contributed by atoms with van der Waals surface area (Å²) in [4.78, 5) is 23.4. The maximum atomic E-state index is 12.0. The highest BCUT2D eigenvalue weighted by molar-refractivity contribution is 5.99. The highest BCUT2D eigenvalue weighted by atomic mass is 16.1. The molecule has 0 aromatic heterocycles. The largest absolute Gasteiger partial charge is 0.369 e. The van der Waals surface area contributed by atoms with E-state index in [4.69, 9.17) is 5.73 Å². The predicted octanol–water partition coefficient (Wildman–Crippen LogP) is 2.37. The molecule has 3 nitrogen and oxygen atoms in total. The van der Waals surface area contributed by atoms with Gasteiger partial charge in [0.25, 0.3) is 0 Å². The second-order valence-electron chi connectivity index (χ2n) is 4.68. The monoisotopic (exact) mass is 235 g/mol. The topological polar surface area (TPSA) is 60.2 Å². The molecule has 0 heterocycles. The first kappa shape index (κ1) is 13.7. The van der Waals surface area contributed by atoms with Crippen LogP contribution in [-0.4, -0.2) is 11.7 Å². The molecule has 0 aliphatic heterocycles. The summed E-state index contributed by atoms with van der Waals surface area (Å²) in [6, 6.07) is 0. The number of hydrogen-bond acceptors (Lipinski definition) is 2. The van der Waals surface area contributed by atoms with Gasteiger partial charge in [0.2, 0.25) is 5.91 Å². The van der Waals surface area contributed by atoms with Crippen LogP contribution in [0.25, 0.3) is 0 Å². The molecule has 1 amide bonds. The molecule has 0 bridgehead atoms. The number of nitrogens with two attached hydrogens (primary N) is 1. The van der Waals surface area contributed by atoms with Gasteiger partial charge in [-0.2, -0.15) is 0 Å². The molecule has 0 radical (unpaired) electrons. The maximum Gasteiger partial charge on any atom is 0.221 e. The SMILES string of the molecule is C=C1CC(CCC)=CC(=O)C1[C@@H](CC)C(N)=O. The Kier molecular flexibility index (Phi) is 4.67. The Morgan fingerprint density at radius 2 is 2.24 bits per heavy atom. The summed E-state index contributed by atoms with van der Waals surface area (Å²) in [7, 11) is 0. The lowest BCUT2D eigenvalue weighted by atomic mass is 9.75. The number of carbonyl (C=O) groups excluding carboxylic acids is 2. The maximum absolute atomic E-state index is 12.0. The highest BCUT2D eigenvalue weighted by Gasteiger charge is 2.34. The van der Waals surface area contributed by atoms with E-state index in [0.717, 1.165) is 30.4 Å². The van der Waals surface area contributed by atoms with Crippen molar-refractivity contribution < 1.29 is 9.59 Å². The first-order valence-electron chi connectivity index (χ1n) is 6.21. The summed E-state index contributed by atoms with van der Waals surface area (Å²) in [5.41, 5.74) is 7.31. The zero-order chi connectivity index (χ0) is 13.0. The van der Waals surface area contributed by atoms with Gasteiger partial charge in [-0.05, 0) is 25.3 Å². The molecule has 0 fully saturated rings. The van der Waals surface area contributed by atoms with Crippen molar-refractivity contribution in [1.82, 2.24) is 0 Å². The highest BCUT2D eigenvalue weighted by Crippen LogP contribution is 2.33. The van der Waals surface area contributed by atoms with Gasteiger partial charge in [0.15, 0.2) is 5.78 Å². The lowest BCUT2D eigenvalue weighted by molar-refractivity contribution is -0.128. The van der Waals surface area contributed by atoms with Crippen LogP contribution in [0, 0.1) is 11.8 Å². The summed E-state index contributed by atoms with van der Waals surface area (Å²) in [6.07, 6.45) is 4.94. The van der Waals surface area contributed by atoms with Crippen molar-refractivity contribution in [2.24, 2.45) is 17.6 Å². The lowest BCUT2D eigenvalue weighted by Gasteiger charge is -2.28. The van der Waals surface area contributed by atoms with Gasteiger partial charge in [0.05, 0.1) is 11.8 Å². The normalized spacial score (nSPS) is 22.2. The molecule has 2 atom stereocenters. The summed E-state index contributed by atoms with van der Waals surface area (Å²) in [6.45, 7) is 7.92. The fourth-order valence-electron chi connectivity index (χ4n) is 2.51. The van der Waals surface area contributed by atoms with Crippen LogP contribution in [0.3, 0.4) is 0 Å². The molecule has 2 N–H and O–H groups in total. The van der Waals surface area contributed by atoms with E-state index < -0.39 is 17.7 Å². The minimum absolute atomic E-state index is 0.00431. The van der Waals surface area contributed by atoms with Crippen molar-refractivity contribution in [3.8, 4) is 0 Å².